The first kappa shape index (κ1) is 16.7. The van der Waals surface area contributed by atoms with Crippen LogP contribution in [0.1, 0.15) is 57.8 Å². The summed E-state index contributed by atoms with van der Waals surface area (Å²) in [6.07, 6.45) is 7.29. The molecule has 3 rings (SSSR count). The second-order valence-electron chi connectivity index (χ2n) is 7.27. The Balaban J connectivity index is 1.71. The first-order valence-corrected chi connectivity index (χ1v) is 8.76. The SMILES string of the molecule is CN1C(=O)N(CC(=O)NC2(C#N)CCCC2)C(=O)C12CCCCC2. The summed E-state index contributed by atoms with van der Waals surface area (Å²) in [5, 5.41) is 12.1. The van der Waals surface area contributed by atoms with E-state index in [9.17, 15) is 19.6 Å². The second-order valence-corrected chi connectivity index (χ2v) is 7.27. The van der Waals surface area contributed by atoms with E-state index in [2.05, 4.69) is 11.4 Å². The van der Waals surface area contributed by atoms with E-state index in [1.165, 1.54) is 4.90 Å². The third kappa shape index (κ3) is 2.54. The van der Waals surface area contributed by atoms with Crippen LogP contribution in [-0.4, -0.2) is 52.3 Å². The lowest BCUT2D eigenvalue weighted by Gasteiger charge is -2.35. The Morgan fingerprint density at radius 2 is 1.71 bits per heavy atom. The van der Waals surface area contributed by atoms with Crippen LogP contribution in [-0.2, 0) is 9.59 Å². The number of carbonyl (C=O) groups is 3. The van der Waals surface area contributed by atoms with Gasteiger partial charge in [0.2, 0.25) is 5.91 Å². The summed E-state index contributed by atoms with van der Waals surface area (Å²) in [5.74, 6) is -0.691. The van der Waals surface area contributed by atoms with Crippen LogP contribution in [0.15, 0.2) is 0 Å². The van der Waals surface area contributed by atoms with Crippen molar-refractivity contribution < 1.29 is 14.4 Å². The molecule has 3 aliphatic rings. The van der Waals surface area contributed by atoms with Gasteiger partial charge in [0.15, 0.2) is 0 Å². The molecule has 1 aliphatic heterocycles. The molecule has 1 saturated heterocycles. The standard InChI is InChI=1S/C17H24N4O3/c1-20-15(24)21(14(23)17(20)9-3-2-4-10-17)11-13(22)19-16(12-18)7-5-6-8-16/h2-11H2,1H3,(H,19,22). The minimum absolute atomic E-state index is 0.262. The zero-order chi connectivity index (χ0) is 17.4. The predicted octanol–water partition coefficient (Wildman–Crippen LogP) is 1.54. The van der Waals surface area contributed by atoms with Crippen LogP contribution in [0.3, 0.4) is 0 Å². The quantitative estimate of drug-likeness (QED) is 0.793. The lowest BCUT2D eigenvalue weighted by molar-refractivity contribution is -0.137. The number of nitrogens with zero attached hydrogens (tertiary/aromatic N) is 3. The number of carbonyl (C=O) groups excluding carboxylic acids is 3. The van der Waals surface area contributed by atoms with Crippen LogP contribution in [0.2, 0.25) is 0 Å². The predicted molar refractivity (Wildman–Crippen MR) is 85.6 cm³/mol. The van der Waals surface area contributed by atoms with Gasteiger partial charge in [-0.2, -0.15) is 5.26 Å². The van der Waals surface area contributed by atoms with Gasteiger partial charge in [0.25, 0.3) is 5.91 Å². The average Bonchev–Trinajstić information content (AvgIpc) is 3.12. The molecular formula is C17H24N4O3. The normalized spacial score (nSPS) is 25.2. The molecule has 0 bridgehead atoms. The molecule has 7 nitrogen and oxygen atoms in total. The van der Waals surface area contributed by atoms with Crippen LogP contribution < -0.4 is 5.32 Å². The van der Waals surface area contributed by atoms with E-state index in [-0.39, 0.29) is 12.5 Å². The fourth-order valence-electron chi connectivity index (χ4n) is 4.36. The third-order valence-corrected chi connectivity index (χ3v) is 5.84. The smallest absolute Gasteiger partial charge is 0.327 e. The summed E-state index contributed by atoms with van der Waals surface area (Å²) < 4.78 is 0. The molecule has 0 radical (unpaired) electrons. The van der Waals surface area contributed by atoms with Crippen molar-refractivity contribution in [3.63, 3.8) is 0 Å². The fourth-order valence-corrected chi connectivity index (χ4v) is 4.36. The molecule has 0 aromatic heterocycles. The van der Waals surface area contributed by atoms with E-state index in [0.717, 1.165) is 37.0 Å². The van der Waals surface area contributed by atoms with E-state index in [4.69, 9.17) is 0 Å². The number of nitrogens with one attached hydrogen (secondary N) is 1. The molecule has 1 N–H and O–H groups in total. The van der Waals surface area contributed by atoms with Gasteiger partial charge in [-0.25, -0.2) is 4.79 Å². The van der Waals surface area contributed by atoms with Gasteiger partial charge in [0.05, 0.1) is 6.07 Å². The molecule has 7 heteroatoms. The molecule has 0 aromatic rings. The number of urea groups is 1. The van der Waals surface area contributed by atoms with Crippen molar-refractivity contribution in [2.75, 3.05) is 13.6 Å². The fraction of sp³-hybridized carbons (Fsp3) is 0.765. The maximum atomic E-state index is 12.8. The van der Waals surface area contributed by atoms with Crippen molar-refractivity contribution in [3.05, 3.63) is 0 Å². The van der Waals surface area contributed by atoms with Crippen molar-refractivity contribution in [2.45, 2.75) is 68.9 Å². The molecule has 4 amide bonds. The maximum absolute atomic E-state index is 12.8. The highest BCUT2D eigenvalue weighted by atomic mass is 16.2. The summed E-state index contributed by atoms with van der Waals surface area (Å²) in [4.78, 5) is 40.3. The number of imide groups is 1. The van der Waals surface area contributed by atoms with E-state index in [1.54, 1.807) is 7.05 Å². The number of hydrogen-bond acceptors (Lipinski definition) is 4. The maximum Gasteiger partial charge on any atom is 0.327 e. The van der Waals surface area contributed by atoms with E-state index >= 15 is 0 Å². The Labute approximate surface area is 142 Å². The van der Waals surface area contributed by atoms with Crippen molar-refractivity contribution in [3.8, 4) is 6.07 Å². The van der Waals surface area contributed by atoms with Crippen molar-refractivity contribution in [1.29, 1.82) is 5.26 Å². The van der Waals surface area contributed by atoms with E-state index in [1.807, 2.05) is 0 Å². The number of amides is 4. The molecule has 1 spiro atoms. The van der Waals surface area contributed by atoms with Crippen LogP contribution >= 0.6 is 0 Å². The van der Waals surface area contributed by atoms with Gasteiger partial charge in [0, 0.05) is 7.05 Å². The van der Waals surface area contributed by atoms with Gasteiger partial charge in [-0.1, -0.05) is 19.3 Å². The minimum atomic E-state index is -0.836. The first-order chi connectivity index (χ1) is 11.4. The first-order valence-electron chi connectivity index (χ1n) is 8.76. The molecular weight excluding hydrogens is 308 g/mol. The number of likely N-dealkylation sites (N-methyl/N-ethyl adjacent to an activating group) is 1. The summed E-state index contributed by atoms with van der Waals surface area (Å²) in [6.45, 7) is -0.298. The second kappa shape index (κ2) is 6.08. The highest BCUT2D eigenvalue weighted by molar-refractivity contribution is 6.09. The monoisotopic (exact) mass is 332 g/mol. The van der Waals surface area contributed by atoms with Gasteiger partial charge >= 0.3 is 6.03 Å². The summed E-state index contributed by atoms with van der Waals surface area (Å²) in [7, 11) is 1.65. The Morgan fingerprint density at radius 1 is 1.12 bits per heavy atom. The molecule has 0 unspecified atom stereocenters. The topological polar surface area (TPSA) is 93.5 Å². The molecule has 2 saturated carbocycles. The van der Waals surface area contributed by atoms with E-state index < -0.39 is 23.0 Å². The Kier molecular flexibility index (Phi) is 4.24. The highest BCUT2D eigenvalue weighted by Crippen LogP contribution is 2.39. The summed E-state index contributed by atoms with van der Waals surface area (Å²) in [5.41, 5.74) is -1.60. The molecule has 3 fully saturated rings. The molecule has 2 aliphatic carbocycles. The minimum Gasteiger partial charge on any atom is -0.336 e. The van der Waals surface area contributed by atoms with Crippen LogP contribution in [0.25, 0.3) is 0 Å². The number of nitriles is 1. The van der Waals surface area contributed by atoms with Gasteiger partial charge in [-0.15, -0.1) is 0 Å². The highest BCUT2D eigenvalue weighted by Gasteiger charge is 2.56. The Morgan fingerprint density at radius 3 is 2.29 bits per heavy atom. The summed E-state index contributed by atoms with van der Waals surface area (Å²) >= 11 is 0. The summed E-state index contributed by atoms with van der Waals surface area (Å²) in [6, 6.07) is 1.78. The van der Waals surface area contributed by atoms with Crippen molar-refractivity contribution >= 4 is 17.8 Å². The van der Waals surface area contributed by atoms with Crippen LogP contribution in [0, 0.1) is 11.3 Å². The van der Waals surface area contributed by atoms with Gasteiger partial charge in [0.1, 0.15) is 17.6 Å². The van der Waals surface area contributed by atoms with Gasteiger partial charge in [-0.3, -0.25) is 14.5 Å². The Bertz CT molecular complexity index is 597. The van der Waals surface area contributed by atoms with Gasteiger partial charge in [-0.05, 0) is 38.5 Å². The van der Waals surface area contributed by atoms with E-state index in [0.29, 0.717) is 25.7 Å². The zero-order valence-corrected chi connectivity index (χ0v) is 14.1. The number of hydrogen-bond donors (Lipinski definition) is 1. The molecule has 0 atom stereocenters. The van der Waals surface area contributed by atoms with Crippen molar-refractivity contribution in [1.82, 2.24) is 15.1 Å². The molecule has 0 aromatic carbocycles. The number of rotatable bonds is 3. The average molecular weight is 332 g/mol. The van der Waals surface area contributed by atoms with Crippen LogP contribution in [0.4, 0.5) is 4.79 Å². The lowest BCUT2D eigenvalue weighted by Crippen LogP contribution is -2.51. The van der Waals surface area contributed by atoms with Crippen LogP contribution in [0.5, 0.6) is 0 Å². The lowest BCUT2D eigenvalue weighted by atomic mass is 9.81. The van der Waals surface area contributed by atoms with Crippen molar-refractivity contribution in [2.24, 2.45) is 0 Å². The van der Waals surface area contributed by atoms with Gasteiger partial charge < -0.3 is 10.2 Å². The molecule has 1 heterocycles. The molecule has 130 valence electrons. The zero-order valence-electron chi connectivity index (χ0n) is 14.1. The third-order valence-electron chi connectivity index (χ3n) is 5.84. The largest absolute Gasteiger partial charge is 0.336 e. The Hall–Kier alpha value is -2.10. The molecule has 24 heavy (non-hydrogen) atoms.